The Morgan fingerprint density at radius 1 is 1.09 bits per heavy atom. The molecular formula is C16H22N2O5. The molecule has 2 amide bonds. The summed E-state index contributed by atoms with van der Waals surface area (Å²) in [5.74, 6) is 0.901. The molecule has 0 spiro atoms. The third-order valence-corrected chi connectivity index (χ3v) is 3.85. The Hall–Kier alpha value is -2.44. The number of nitrogens with one attached hydrogen (secondary N) is 1. The minimum atomic E-state index is -0.819. The van der Waals surface area contributed by atoms with E-state index in [1.807, 2.05) is 0 Å². The number of rotatable bonds is 5. The first-order valence-electron chi connectivity index (χ1n) is 7.46. The lowest BCUT2D eigenvalue weighted by atomic mass is 10.0. The zero-order valence-corrected chi connectivity index (χ0v) is 13.6. The Bertz CT molecular complexity index is 570. The number of ether oxygens (including phenoxy) is 3. The Morgan fingerprint density at radius 3 is 2.30 bits per heavy atom. The fourth-order valence-electron chi connectivity index (χ4n) is 2.62. The zero-order chi connectivity index (χ0) is 16.8. The molecular weight excluding hydrogens is 300 g/mol. The van der Waals surface area contributed by atoms with Crippen LogP contribution in [0.15, 0.2) is 18.2 Å². The molecule has 1 aliphatic rings. The van der Waals surface area contributed by atoms with Gasteiger partial charge < -0.3 is 24.4 Å². The van der Waals surface area contributed by atoms with Crippen molar-refractivity contribution in [3.05, 3.63) is 23.8 Å². The van der Waals surface area contributed by atoms with E-state index in [0.717, 1.165) is 12.8 Å². The number of nitrogens with zero attached hydrogens (tertiary/aromatic N) is 1. The van der Waals surface area contributed by atoms with Crippen molar-refractivity contribution in [3.8, 4) is 11.5 Å². The van der Waals surface area contributed by atoms with Gasteiger partial charge in [0.25, 0.3) is 0 Å². The van der Waals surface area contributed by atoms with E-state index >= 15 is 0 Å². The van der Waals surface area contributed by atoms with Gasteiger partial charge in [0.2, 0.25) is 5.91 Å². The van der Waals surface area contributed by atoms with E-state index in [0.29, 0.717) is 30.2 Å². The lowest BCUT2D eigenvalue weighted by molar-refractivity contribution is -0.132. The highest BCUT2D eigenvalue weighted by Gasteiger charge is 2.30. The quantitative estimate of drug-likeness (QED) is 0.893. The number of hydrogen-bond donors (Lipinski definition) is 1. The maximum absolute atomic E-state index is 12.7. The molecule has 1 aliphatic heterocycles. The molecule has 1 saturated heterocycles. The van der Waals surface area contributed by atoms with Crippen LogP contribution in [0.25, 0.3) is 0 Å². The number of carbonyl (C=O) groups is 2. The summed E-state index contributed by atoms with van der Waals surface area (Å²) in [5.41, 5.74) is 0.616. The Morgan fingerprint density at radius 2 is 1.74 bits per heavy atom. The molecule has 1 atom stereocenters. The molecule has 0 radical (unpaired) electrons. The standard InChI is InChI=1S/C16H22N2O5/c1-21-12-7-6-11(10-13(12)22-2)14(17-16(20)23-3)15(19)18-8-4-5-9-18/h6-7,10,14H,4-5,8-9H2,1-3H3,(H,17,20)/t14-/m1/s1. The molecule has 0 aliphatic carbocycles. The fourth-order valence-corrected chi connectivity index (χ4v) is 2.62. The molecule has 7 nitrogen and oxygen atoms in total. The van der Waals surface area contributed by atoms with Crippen molar-refractivity contribution in [1.29, 1.82) is 0 Å². The van der Waals surface area contributed by atoms with Crippen molar-refractivity contribution in [2.75, 3.05) is 34.4 Å². The molecule has 0 aromatic heterocycles. The molecule has 0 unspecified atom stereocenters. The molecule has 1 fully saturated rings. The molecule has 23 heavy (non-hydrogen) atoms. The second-order valence-electron chi connectivity index (χ2n) is 5.22. The fraction of sp³-hybridized carbons (Fsp3) is 0.500. The number of amides is 2. The van der Waals surface area contributed by atoms with Gasteiger partial charge in [0.1, 0.15) is 6.04 Å². The Balaban J connectivity index is 2.32. The van der Waals surface area contributed by atoms with Gasteiger partial charge in [-0.15, -0.1) is 0 Å². The predicted octanol–water partition coefficient (Wildman–Crippen LogP) is 1.72. The highest BCUT2D eigenvalue weighted by molar-refractivity contribution is 5.87. The first-order valence-corrected chi connectivity index (χ1v) is 7.46. The average molecular weight is 322 g/mol. The molecule has 0 saturated carbocycles. The van der Waals surface area contributed by atoms with Crippen LogP contribution in [0.2, 0.25) is 0 Å². The van der Waals surface area contributed by atoms with Crippen molar-refractivity contribution in [1.82, 2.24) is 10.2 Å². The number of methoxy groups -OCH3 is 3. The highest BCUT2D eigenvalue weighted by atomic mass is 16.5. The molecule has 2 rings (SSSR count). The Kier molecular flexibility index (Phi) is 5.67. The number of alkyl carbamates (subject to hydrolysis) is 1. The van der Waals surface area contributed by atoms with E-state index in [4.69, 9.17) is 9.47 Å². The van der Waals surface area contributed by atoms with Gasteiger partial charge in [0, 0.05) is 13.1 Å². The molecule has 1 aromatic rings. The number of benzene rings is 1. The maximum atomic E-state index is 12.7. The lowest BCUT2D eigenvalue weighted by Gasteiger charge is -2.24. The van der Waals surface area contributed by atoms with Gasteiger partial charge in [-0.25, -0.2) is 4.79 Å². The second kappa shape index (κ2) is 7.71. The van der Waals surface area contributed by atoms with E-state index in [9.17, 15) is 9.59 Å². The van der Waals surface area contributed by atoms with Crippen LogP contribution >= 0.6 is 0 Å². The topological polar surface area (TPSA) is 77.1 Å². The lowest BCUT2D eigenvalue weighted by Crippen LogP contribution is -2.41. The molecule has 1 N–H and O–H groups in total. The molecule has 1 heterocycles. The van der Waals surface area contributed by atoms with E-state index in [1.54, 1.807) is 23.1 Å². The molecule has 126 valence electrons. The van der Waals surface area contributed by atoms with Crippen LogP contribution in [-0.2, 0) is 9.53 Å². The first-order chi connectivity index (χ1) is 11.1. The average Bonchev–Trinajstić information content (AvgIpc) is 3.12. The normalized spacial score (nSPS) is 15.0. The Labute approximate surface area is 135 Å². The van der Waals surface area contributed by atoms with Gasteiger partial charge in [-0.3, -0.25) is 4.79 Å². The van der Waals surface area contributed by atoms with Crippen LogP contribution in [0, 0.1) is 0 Å². The summed E-state index contributed by atoms with van der Waals surface area (Å²) < 4.78 is 15.1. The van der Waals surface area contributed by atoms with Gasteiger partial charge in [0.05, 0.1) is 21.3 Å². The van der Waals surface area contributed by atoms with Crippen LogP contribution in [0.3, 0.4) is 0 Å². The summed E-state index contributed by atoms with van der Waals surface area (Å²) in [4.78, 5) is 26.1. The van der Waals surface area contributed by atoms with Crippen LogP contribution in [-0.4, -0.2) is 51.3 Å². The SMILES string of the molecule is COC(=O)N[C@@H](C(=O)N1CCCC1)c1ccc(OC)c(OC)c1. The van der Waals surface area contributed by atoms with Gasteiger partial charge in [-0.05, 0) is 30.5 Å². The zero-order valence-electron chi connectivity index (χ0n) is 13.6. The minimum absolute atomic E-state index is 0.153. The van der Waals surface area contributed by atoms with Gasteiger partial charge >= 0.3 is 6.09 Å². The predicted molar refractivity (Wildman–Crippen MR) is 83.6 cm³/mol. The van der Waals surface area contributed by atoms with Gasteiger partial charge in [-0.2, -0.15) is 0 Å². The van der Waals surface area contributed by atoms with Crippen LogP contribution in [0.4, 0.5) is 4.79 Å². The maximum Gasteiger partial charge on any atom is 0.407 e. The van der Waals surface area contributed by atoms with E-state index in [1.165, 1.54) is 21.3 Å². The van der Waals surface area contributed by atoms with E-state index in [2.05, 4.69) is 10.1 Å². The van der Waals surface area contributed by atoms with Crippen LogP contribution in [0.1, 0.15) is 24.4 Å². The van der Waals surface area contributed by atoms with Crippen LogP contribution < -0.4 is 14.8 Å². The first kappa shape index (κ1) is 16.9. The number of likely N-dealkylation sites (tertiary alicyclic amines) is 1. The van der Waals surface area contributed by atoms with Crippen molar-refractivity contribution < 1.29 is 23.8 Å². The van der Waals surface area contributed by atoms with E-state index in [-0.39, 0.29) is 5.91 Å². The summed E-state index contributed by atoms with van der Waals surface area (Å²) in [6.45, 7) is 1.40. The number of carbonyl (C=O) groups excluding carboxylic acids is 2. The van der Waals surface area contributed by atoms with Crippen molar-refractivity contribution >= 4 is 12.0 Å². The molecule has 7 heteroatoms. The summed E-state index contributed by atoms with van der Waals surface area (Å²) in [6, 6.07) is 4.31. The van der Waals surface area contributed by atoms with Crippen molar-refractivity contribution in [2.24, 2.45) is 0 Å². The third-order valence-electron chi connectivity index (χ3n) is 3.85. The minimum Gasteiger partial charge on any atom is -0.493 e. The van der Waals surface area contributed by atoms with Gasteiger partial charge in [-0.1, -0.05) is 6.07 Å². The van der Waals surface area contributed by atoms with Crippen molar-refractivity contribution in [2.45, 2.75) is 18.9 Å². The molecule has 0 bridgehead atoms. The van der Waals surface area contributed by atoms with Crippen molar-refractivity contribution in [3.63, 3.8) is 0 Å². The second-order valence-corrected chi connectivity index (χ2v) is 5.22. The summed E-state index contributed by atoms with van der Waals surface area (Å²) in [6.07, 6.45) is 1.29. The van der Waals surface area contributed by atoms with Crippen LogP contribution in [0.5, 0.6) is 11.5 Å². The monoisotopic (exact) mass is 322 g/mol. The number of hydrogen-bond acceptors (Lipinski definition) is 5. The summed E-state index contributed by atoms with van der Waals surface area (Å²) >= 11 is 0. The summed E-state index contributed by atoms with van der Waals surface area (Å²) in [5, 5.41) is 2.60. The highest BCUT2D eigenvalue weighted by Crippen LogP contribution is 2.31. The van der Waals surface area contributed by atoms with Gasteiger partial charge in [0.15, 0.2) is 11.5 Å². The van der Waals surface area contributed by atoms with E-state index < -0.39 is 12.1 Å². The largest absolute Gasteiger partial charge is 0.493 e. The molecule has 1 aromatic carbocycles. The smallest absolute Gasteiger partial charge is 0.407 e. The third kappa shape index (κ3) is 3.85. The summed E-state index contributed by atoms with van der Waals surface area (Å²) in [7, 11) is 4.32.